The number of hydrogen-bond donors (Lipinski definition) is 0. The lowest BCUT2D eigenvalue weighted by Crippen LogP contribution is -2.61. The summed E-state index contributed by atoms with van der Waals surface area (Å²) in [4.78, 5) is 0. The highest BCUT2D eigenvalue weighted by atomic mass is 15.1. The molecule has 0 radical (unpaired) electrons. The minimum atomic E-state index is 0.0111. The molecule has 4 aromatic carbocycles. The predicted octanol–water partition coefficient (Wildman–Crippen LogP) is 10.5. The summed E-state index contributed by atoms with van der Waals surface area (Å²) in [7, 11) is 0. The standard InChI is InChI=1S/C45H48N2/c1-4-7-15-32-21-23-39-34(28-32)25-27-47-44(39)38-19-11-9-17-36(38)30-45(47,6-3)29-35(14-5-2)41-31-46-26-13-12-20-42(46)43-37-18-10-8-16-33(37)22-24-40(41)43/h8-13,16-28,35,41H,4-7,14-15,29-31H2,1-3H3/q+2. The van der Waals surface area contributed by atoms with E-state index in [0.29, 0.717) is 11.8 Å². The molecule has 2 aliphatic rings. The van der Waals surface area contributed by atoms with Gasteiger partial charge in [-0.15, -0.1) is 0 Å². The van der Waals surface area contributed by atoms with Gasteiger partial charge in [-0.1, -0.05) is 100 Å². The molecule has 0 aliphatic carbocycles. The van der Waals surface area contributed by atoms with Gasteiger partial charge in [0.15, 0.2) is 24.5 Å². The van der Waals surface area contributed by atoms with E-state index in [-0.39, 0.29) is 5.54 Å². The van der Waals surface area contributed by atoms with Crippen LogP contribution >= 0.6 is 0 Å². The maximum atomic E-state index is 2.73. The Balaban J connectivity index is 1.27. The average molecular weight is 617 g/mol. The molecule has 2 heteroatoms. The van der Waals surface area contributed by atoms with E-state index in [1.165, 1.54) is 87.3 Å². The molecule has 2 aromatic heterocycles. The molecule has 2 nitrogen and oxygen atoms in total. The van der Waals surface area contributed by atoms with Gasteiger partial charge in [-0.25, -0.2) is 0 Å². The van der Waals surface area contributed by atoms with Gasteiger partial charge in [0.2, 0.25) is 11.4 Å². The molecule has 4 heterocycles. The summed E-state index contributed by atoms with van der Waals surface area (Å²) in [6, 6.07) is 39.5. The van der Waals surface area contributed by atoms with E-state index < -0.39 is 0 Å². The Morgan fingerprint density at radius 2 is 1.62 bits per heavy atom. The van der Waals surface area contributed by atoms with E-state index >= 15 is 0 Å². The summed E-state index contributed by atoms with van der Waals surface area (Å²) in [5.41, 5.74) is 10.1. The van der Waals surface area contributed by atoms with Crippen molar-refractivity contribution in [3.63, 3.8) is 0 Å². The first-order valence-electron chi connectivity index (χ1n) is 18.2. The van der Waals surface area contributed by atoms with E-state index in [1.807, 2.05) is 0 Å². The van der Waals surface area contributed by atoms with Crippen molar-refractivity contribution in [1.82, 2.24) is 0 Å². The molecule has 3 atom stereocenters. The molecule has 47 heavy (non-hydrogen) atoms. The molecule has 0 spiro atoms. The second kappa shape index (κ2) is 12.4. The zero-order valence-electron chi connectivity index (χ0n) is 28.4. The second-order valence-electron chi connectivity index (χ2n) is 14.3. The monoisotopic (exact) mass is 616 g/mol. The lowest BCUT2D eigenvalue weighted by Gasteiger charge is -2.39. The normalized spacial score (nSPS) is 18.7. The van der Waals surface area contributed by atoms with Gasteiger partial charge in [0.25, 0.3) is 0 Å². The van der Waals surface area contributed by atoms with Crippen molar-refractivity contribution in [3.8, 4) is 22.5 Å². The number of aryl methyl sites for hydroxylation is 1. The fourth-order valence-electron chi connectivity index (χ4n) is 9.25. The van der Waals surface area contributed by atoms with Crippen LogP contribution in [0.2, 0.25) is 0 Å². The fraction of sp³-hybridized carbons (Fsp3) is 0.333. The largest absolute Gasteiger partial charge is 0.221 e. The zero-order chi connectivity index (χ0) is 32.0. The third-order valence-electron chi connectivity index (χ3n) is 11.6. The van der Waals surface area contributed by atoms with Crippen LogP contribution in [0, 0.1) is 5.92 Å². The zero-order valence-corrected chi connectivity index (χ0v) is 28.4. The highest BCUT2D eigenvalue weighted by Crippen LogP contribution is 2.47. The van der Waals surface area contributed by atoms with Crippen molar-refractivity contribution < 1.29 is 9.13 Å². The maximum absolute atomic E-state index is 2.73. The molecule has 236 valence electrons. The Hall–Kier alpha value is -4.30. The molecule has 3 unspecified atom stereocenters. The molecular formula is C45H48N2+2. The van der Waals surface area contributed by atoms with Crippen molar-refractivity contribution >= 4 is 21.5 Å². The highest BCUT2D eigenvalue weighted by Gasteiger charge is 2.49. The third kappa shape index (κ3) is 5.08. The molecule has 0 amide bonds. The fourth-order valence-corrected chi connectivity index (χ4v) is 9.25. The van der Waals surface area contributed by atoms with Crippen LogP contribution in [0.15, 0.2) is 116 Å². The molecule has 8 rings (SSSR count). The van der Waals surface area contributed by atoms with Crippen molar-refractivity contribution in [1.29, 1.82) is 0 Å². The summed E-state index contributed by atoms with van der Waals surface area (Å²) in [5, 5.41) is 5.48. The summed E-state index contributed by atoms with van der Waals surface area (Å²) in [6.07, 6.45) is 14.2. The third-order valence-corrected chi connectivity index (χ3v) is 11.6. The van der Waals surface area contributed by atoms with Crippen LogP contribution in [0.5, 0.6) is 0 Å². The number of nitrogens with zero attached hydrogens (tertiary/aromatic N) is 2. The van der Waals surface area contributed by atoms with E-state index in [4.69, 9.17) is 0 Å². The van der Waals surface area contributed by atoms with E-state index in [2.05, 4.69) is 145 Å². The number of rotatable bonds is 9. The number of hydrogen-bond acceptors (Lipinski definition) is 0. The first-order chi connectivity index (χ1) is 23.1. The molecule has 0 saturated heterocycles. The first kappa shape index (κ1) is 30.1. The van der Waals surface area contributed by atoms with Crippen molar-refractivity contribution in [2.24, 2.45) is 5.92 Å². The molecule has 2 aliphatic heterocycles. The van der Waals surface area contributed by atoms with Crippen molar-refractivity contribution in [2.45, 2.75) is 90.1 Å². The van der Waals surface area contributed by atoms with Crippen LogP contribution < -0.4 is 9.13 Å². The Bertz CT molecular complexity index is 2090. The molecule has 0 fully saturated rings. The average Bonchev–Trinajstić information content (AvgIpc) is 3.12. The Morgan fingerprint density at radius 3 is 2.49 bits per heavy atom. The predicted molar refractivity (Wildman–Crippen MR) is 195 cm³/mol. The first-order valence-corrected chi connectivity index (χ1v) is 18.2. The quantitative estimate of drug-likeness (QED) is 0.143. The summed E-state index contributed by atoms with van der Waals surface area (Å²) < 4.78 is 5.28. The Morgan fingerprint density at radius 1 is 0.766 bits per heavy atom. The van der Waals surface area contributed by atoms with Gasteiger partial charge in [-0.2, -0.15) is 9.13 Å². The highest BCUT2D eigenvalue weighted by molar-refractivity contribution is 5.97. The van der Waals surface area contributed by atoms with Gasteiger partial charge in [-0.05, 0) is 76.2 Å². The van der Waals surface area contributed by atoms with Gasteiger partial charge in [0, 0.05) is 43.4 Å². The van der Waals surface area contributed by atoms with E-state index in [1.54, 1.807) is 5.56 Å². The minimum Gasteiger partial charge on any atom is -0.198 e. The topological polar surface area (TPSA) is 7.76 Å². The second-order valence-corrected chi connectivity index (χ2v) is 14.3. The van der Waals surface area contributed by atoms with Crippen molar-refractivity contribution in [3.05, 3.63) is 132 Å². The summed E-state index contributed by atoms with van der Waals surface area (Å²) in [6.45, 7) is 8.15. The number of unbranched alkanes of at least 4 members (excludes halogenated alkanes) is 1. The maximum Gasteiger partial charge on any atom is 0.221 e. The van der Waals surface area contributed by atoms with Crippen LogP contribution in [0.1, 0.15) is 81.9 Å². The van der Waals surface area contributed by atoms with Crippen LogP contribution in [0.25, 0.3) is 44.1 Å². The van der Waals surface area contributed by atoms with Crippen molar-refractivity contribution in [2.75, 3.05) is 0 Å². The van der Waals surface area contributed by atoms with Gasteiger partial charge >= 0.3 is 0 Å². The smallest absolute Gasteiger partial charge is 0.198 e. The molecular weight excluding hydrogens is 569 g/mol. The molecule has 0 bridgehead atoms. The summed E-state index contributed by atoms with van der Waals surface area (Å²) in [5.74, 6) is 1.01. The molecule has 0 N–H and O–H groups in total. The van der Waals surface area contributed by atoms with Gasteiger partial charge in [-0.3, -0.25) is 0 Å². The van der Waals surface area contributed by atoms with Gasteiger partial charge in [0.1, 0.15) is 0 Å². The number of benzene rings is 4. The summed E-state index contributed by atoms with van der Waals surface area (Å²) >= 11 is 0. The van der Waals surface area contributed by atoms with Gasteiger partial charge in [0.05, 0.1) is 16.5 Å². The Labute approximate surface area is 280 Å². The van der Waals surface area contributed by atoms with Crippen LogP contribution in [-0.2, 0) is 24.9 Å². The number of aromatic nitrogens is 2. The SMILES string of the molecule is CCCCc1ccc2c3[n+](ccc2c1)C(CC)(CC(CCC)C1C[n+]2ccccc2-c2c1ccc1ccccc21)Cc1ccccc1-3. The molecule has 6 aromatic rings. The minimum absolute atomic E-state index is 0.0111. The van der Waals surface area contributed by atoms with Gasteiger partial charge < -0.3 is 0 Å². The van der Waals surface area contributed by atoms with E-state index in [0.717, 1.165) is 25.8 Å². The van der Waals surface area contributed by atoms with Crippen LogP contribution in [0.3, 0.4) is 0 Å². The number of fused-ring (bicyclic) bond motifs is 10. The Kier molecular flexibility index (Phi) is 7.92. The van der Waals surface area contributed by atoms with E-state index in [9.17, 15) is 0 Å². The number of pyridine rings is 2. The lowest BCUT2D eigenvalue weighted by atomic mass is 9.68. The van der Waals surface area contributed by atoms with Crippen LogP contribution in [0.4, 0.5) is 0 Å². The van der Waals surface area contributed by atoms with Crippen LogP contribution in [-0.4, -0.2) is 0 Å². The lowest BCUT2D eigenvalue weighted by molar-refractivity contribution is -0.759. The molecule has 0 saturated carbocycles.